The third-order valence-corrected chi connectivity index (χ3v) is 2.78. The highest BCUT2D eigenvalue weighted by atomic mass is 16.5. The van der Waals surface area contributed by atoms with Crippen molar-refractivity contribution in [1.82, 2.24) is 5.32 Å². The van der Waals surface area contributed by atoms with Gasteiger partial charge in [-0.25, -0.2) is 4.79 Å². The van der Waals surface area contributed by atoms with E-state index in [0.717, 1.165) is 0 Å². The molecule has 3 atom stereocenters. The first kappa shape index (κ1) is 13.5. The van der Waals surface area contributed by atoms with Gasteiger partial charge < -0.3 is 20.3 Å². The molecule has 17 heavy (non-hydrogen) atoms. The van der Waals surface area contributed by atoms with Crippen LogP contribution in [0.2, 0.25) is 0 Å². The maximum absolute atomic E-state index is 11.3. The molecule has 0 saturated heterocycles. The molecule has 0 spiro atoms. The molecule has 1 fully saturated rings. The normalized spacial score (nSPS) is 28.2. The molecule has 0 unspecified atom stereocenters. The summed E-state index contributed by atoms with van der Waals surface area (Å²) >= 11 is 0. The Labute approximate surface area is 99.3 Å². The number of nitrogens with one attached hydrogen (secondary N) is 1. The van der Waals surface area contributed by atoms with Crippen LogP contribution in [-0.4, -0.2) is 41.0 Å². The van der Waals surface area contributed by atoms with Gasteiger partial charge in [0.05, 0.1) is 12.0 Å². The number of amides is 1. The highest BCUT2D eigenvalue weighted by Gasteiger charge is 2.35. The van der Waals surface area contributed by atoms with Crippen molar-refractivity contribution in [3.05, 3.63) is 12.7 Å². The molecule has 6 nitrogen and oxygen atoms in total. The van der Waals surface area contributed by atoms with Crippen LogP contribution in [0, 0.1) is 5.92 Å². The lowest BCUT2D eigenvalue weighted by atomic mass is 9.83. The molecule has 96 valence electrons. The number of hydrogen-bond acceptors (Lipinski definition) is 4. The van der Waals surface area contributed by atoms with Crippen molar-refractivity contribution < 1.29 is 24.5 Å². The Morgan fingerprint density at radius 2 is 2.18 bits per heavy atom. The first-order valence-electron chi connectivity index (χ1n) is 5.49. The number of aliphatic carboxylic acids is 1. The second kappa shape index (κ2) is 6.24. The fourth-order valence-electron chi connectivity index (χ4n) is 1.93. The smallest absolute Gasteiger partial charge is 0.407 e. The number of carboxylic acids is 1. The summed E-state index contributed by atoms with van der Waals surface area (Å²) in [6.45, 7) is 3.46. The zero-order valence-corrected chi connectivity index (χ0v) is 9.46. The van der Waals surface area contributed by atoms with Gasteiger partial charge in [-0.1, -0.05) is 12.7 Å². The van der Waals surface area contributed by atoms with E-state index in [9.17, 15) is 14.7 Å². The molecule has 3 N–H and O–H groups in total. The van der Waals surface area contributed by atoms with Gasteiger partial charge >= 0.3 is 12.1 Å². The van der Waals surface area contributed by atoms with E-state index in [2.05, 4.69) is 11.9 Å². The Kier molecular flexibility index (Phi) is 4.96. The fourth-order valence-corrected chi connectivity index (χ4v) is 1.93. The summed E-state index contributed by atoms with van der Waals surface area (Å²) in [7, 11) is 0. The van der Waals surface area contributed by atoms with Crippen LogP contribution in [0.3, 0.4) is 0 Å². The van der Waals surface area contributed by atoms with E-state index < -0.39 is 30.1 Å². The lowest BCUT2D eigenvalue weighted by Crippen LogP contribution is -2.48. The summed E-state index contributed by atoms with van der Waals surface area (Å²) in [5.41, 5.74) is 0. The molecule has 0 aromatic rings. The van der Waals surface area contributed by atoms with E-state index in [1.807, 2.05) is 0 Å². The summed E-state index contributed by atoms with van der Waals surface area (Å²) in [4.78, 5) is 22.3. The molecule has 0 radical (unpaired) electrons. The van der Waals surface area contributed by atoms with Crippen molar-refractivity contribution in [2.45, 2.75) is 31.4 Å². The minimum absolute atomic E-state index is 0.0683. The Hall–Kier alpha value is -1.56. The minimum Gasteiger partial charge on any atom is -0.481 e. The predicted molar refractivity (Wildman–Crippen MR) is 59.5 cm³/mol. The first-order valence-corrected chi connectivity index (χ1v) is 5.49. The number of carbonyl (C=O) groups is 2. The quantitative estimate of drug-likeness (QED) is 0.625. The Morgan fingerprint density at radius 3 is 2.76 bits per heavy atom. The molecule has 1 aliphatic rings. The third kappa shape index (κ3) is 4.07. The zero-order valence-electron chi connectivity index (χ0n) is 9.46. The minimum atomic E-state index is -0.967. The fraction of sp³-hybridized carbons (Fsp3) is 0.636. The summed E-state index contributed by atoms with van der Waals surface area (Å²) in [6, 6.07) is -0.589. The Morgan fingerprint density at radius 1 is 1.47 bits per heavy atom. The molecule has 0 heterocycles. The van der Waals surface area contributed by atoms with E-state index in [4.69, 9.17) is 9.84 Å². The van der Waals surface area contributed by atoms with Crippen molar-refractivity contribution in [3.8, 4) is 0 Å². The van der Waals surface area contributed by atoms with Crippen LogP contribution >= 0.6 is 0 Å². The summed E-state index contributed by atoms with van der Waals surface area (Å²) in [5.74, 6) is -1.64. The topological polar surface area (TPSA) is 95.9 Å². The SMILES string of the molecule is C=CCOC(=O)N[C@@H]1C[C@H](O)CC[C@@H]1C(=O)O. The summed E-state index contributed by atoms with van der Waals surface area (Å²) < 4.78 is 4.71. The number of aliphatic hydroxyl groups is 1. The Bertz CT molecular complexity index is 304. The molecule has 0 aromatic heterocycles. The number of carbonyl (C=O) groups excluding carboxylic acids is 1. The second-order valence-corrected chi connectivity index (χ2v) is 4.05. The maximum atomic E-state index is 11.3. The predicted octanol–water partition coefficient (Wildman–Crippen LogP) is 0.513. The standard InChI is InChI=1S/C11H17NO5/c1-2-5-17-11(16)12-9-6-7(13)3-4-8(9)10(14)15/h2,7-9,13H,1,3-6H2,(H,12,16)(H,14,15)/t7-,8+,9-/m1/s1. The molecule has 0 aromatic carbocycles. The van der Waals surface area contributed by atoms with Gasteiger partial charge in [0.25, 0.3) is 0 Å². The number of ether oxygens (including phenoxy) is 1. The van der Waals surface area contributed by atoms with Crippen LogP contribution in [0.4, 0.5) is 4.79 Å². The maximum Gasteiger partial charge on any atom is 0.407 e. The van der Waals surface area contributed by atoms with Crippen LogP contribution in [0.1, 0.15) is 19.3 Å². The van der Waals surface area contributed by atoms with Gasteiger partial charge in [0.2, 0.25) is 0 Å². The van der Waals surface area contributed by atoms with Crippen LogP contribution in [0.15, 0.2) is 12.7 Å². The van der Waals surface area contributed by atoms with Crippen LogP contribution < -0.4 is 5.32 Å². The van der Waals surface area contributed by atoms with Gasteiger partial charge in [-0.2, -0.15) is 0 Å². The number of alkyl carbamates (subject to hydrolysis) is 1. The van der Waals surface area contributed by atoms with E-state index in [0.29, 0.717) is 12.8 Å². The average molecular weight is 243 g/mol. The largest absolute Gasteiger partial charge is 0.481 e. The first-order chi connectivity index (χ1) is 8.04. The van der Waals surface area contributed by atoms with Gasteiger partial charge in [-0.05, 0) is 19.3 Å². The summed E-state index contributed by atoms with van der Waals surface area (Å²) in [6.07, 6.45) is 1.19. The van der Waals surface area contributed by atoms with E-state index in [1.165, 1.54) is 6.08 Å². The van der Waals surface area contributed by atoms with Crippen molar-refractivity contribution >= 4 is 12.1 Å². The van der Waals surface area contributed by atoms with Gasteiger partial charge in [-0.3, -0.25) is 4.79 Å². The van der Waals surface area contributed by atoms with Gasteiger partial charge in [0.15, 0.2) is 0 Å². The number of aliphatic hydroxyl groups excluding tert-OH is 1. The molecule has 0 aliphatic heterocycles. The van der Waals surface area contributed by atoms with Gasteiger partial charge in [0.1, 0.15) is 6.61 Å². The molecule has 1 aliphatic carbocycles. The Balaban J connectivity index is 2.54. The van der Waals surface area contributed by atoms with Gasteiger partial charge in [0, 0.05) is 6.04 Å². The number of hydrogen-bond donors (Lipinski definition) is 3. The van der Waals surface area contributed by atoms with Crippen molar-refractivity contribution in [1.29, 1.82) is 0 Å². The van der Waals surface area contributed by atoms with Crippen LogP contribution in [0.5, 0.6) is 0 Å². The molecule has 1 saturated carbocycles. The molecular formula is C11H17NO5. The number of rotatable bonds is 4. The summed E-state index contributed by atoms with van der Waals surface area (Å²) in [5, 5.41) is 20.9. The van der Waals surface area contributed by atoms with Crippen molar-refractivity contribution in [2.75, 3.05) is 6.61 Å². The second-order valence-electron chi connectivity index (χ2n) is 4.05. The monoisotopic (exact) mass is 243 g/mol. The lowest BCUT2D eigenvalue weighted by molar-refractivity contribution is -0.144. The van der Waals surface area contributed by atoms with Crippen LogP contribution in [0.25, 0.3) is 0 Å². The van der Waals surface area contributed by atoms with Gasteiger partial charge in [-0.15, -0.1) is 0 Å². The molecule has 1 rings (SSSR count). The number of carboxylic acid groups (broad SMARTS) is 1. The van der Waals surface area contributed by atoms with Crippen molar-refractivity contribution in [2.24, 2.45) is 5.92 Å². The molecule has 6 heteroatoms. The lowest BCUT2D eigenvalue weighted by Gasteiger charge is -2.31. The molecular weight excluding hydrogens is 226 g/mol. The van der Waals surface area contributed by atoms with E-state index >= 15 is 0 Å². The van der Waals surface area contributed by atoms with Crippen molar-refractivity contribution in [3.63, 3.8) is 0 Å². The molecule has 0 bridgehead atoms. The average Bonchev–Trinajstić information content (AvgIpc) is 2.26. The molecule has 1 amide bonds. The van der Waals surface area contributed by atoms with E-state index in [-0.39, 0.29) is 13.0 Å². The highest BCUT2D eigenvalue weighted by Crippen LogP contribution is 2.25. The third-order valence-electron chi connectivity index (χ3n) is 2.78. The van der Waals surface area contributed by atoms with Crippen LogP contribution in [-0.2, 0) is 9.53 Å². The van der Waals surface area contributed by atoms with E-state index in [1.54, 1.807) is 0 Å². The highest BCUT2D eigenvalue weighted by molar-refractivity contribution is 5.73. The zero-order chi connectivity index (χ0) is 12.8.